The van der Waals surface area contributed by atoms with E-state index in [9.17, 15) is 33.9 Å². The first-order chi connectivity index (χ1) is 18.4. The number of aromatic amines is 1. The van der Waals surface area contributed by atoms with Gasteiger partial charge in [-0.25, -0.2) is 4.79 Å². The molecule has 39 heavy (non-hydrogen) atoms. The maximum absolute atomic E-state index is 13.1. The molecule has 15 heteroatoms. The fraction of sp³-hybridized carbons (Fsp3) is 0.417. The Kier molecular flexibility index (Phi) is 11.4. The average molecular weight is 549 g/mol. The van der Waals surface area contributed by atoms with Crippen LogP contribution >= 0.6 is 0 Å². The van der Waals surface area contributed by atoms with E-state index in [4.69, 9.17) is 21.7 Å². The van der Waals surface area contributed by atoms with E-state index in [2.05, 4.69) is 20.9 Å². The van der Waals surface area contributed by atoms with Crippen LogP contribution in [0.5, 0.6) is 0 Å². The Balaban J connectivity index is 2.21. The number of carbonyl (C=O) groups excluding carboxylic acids is 4. The minimum absolute atomic E-state index is 0.0993. The summed E-state index contributed by atoms with van der Waals surface area (Å²) in [5.41, 5.74) is 12.0. The number of amides is 4. The average Bonchev–Trinajstić information content (AvgIpc) is 3.30. The van der Waals surface area contributed by atoms with Crippen LogP contribution in [-0.4, -0.2) is 86.6 Å². The molecule has 1 aromatic carbocycles. The highest BCUT2D eigenvalue weighted by atomic mass is 16.4. The van der Waals surface area contributed by atoms with Crippen molar-refractivity contribution < 1.29 is 44.1 Å². The fourth-order valence-corrected chi connectivity index (χ4v) is 3.72. The van der Waals surface area contributed by atoms with E-state index in [1.807, 2.05) is 0 Å². The highest BCUT2D eigenvalue weighted by molar-refractivity contribution is 5.95. The summed E-state index contributed by atoms with van der Waals surface area (Å²) in [5, 5.41) is 35.4. The van der Waals surface area contributed by atoms with Crippen LogP contribution in [0.3, 0.4) is 0 Å². The second-order valence-electron chi connectivity index (χ2n) is 8.81. The summed E-state index contributed by atoms with van der Waals surface area (Å²) in [6.45, 7) is -0.740. The zero-order valence-corrected chi connectivity index (χ0v) is 20.9. The van der Waals surface area contributed by atoms with Crippen LogP contribution < -0.4 is 27.4 Å². The molecule has 0 aliphatic heterocycles. The van der Waals surface area contributed by atoms with Gasteiger partial charge in [-0.15, -0.1) is 0 Å². The summed E-state index contributed by atoms with van der Waals surface area (Å²) < 4.78 is 0. The smallest absolute Gasteiger partial charge is 0.326 e. The summed E-state index contributed by atoms with van der Waals surface area (Å²) in [7, 11) is 0. The van der Waals surface area contributed by atoms with Gasteiger partial charge in [-0.1, -0.05) is 18.2 Å². The Hall–Kier alpha value is -4.50. The number of aromatic nitrogens is 1. The number of primary amides is 1. The molecular weight excluding hydrogens is 516 g/mol. The van der Waals surface area contributed by atoms with Crippen molar-refractivity contribution in [2.24, 2.45) is 11.5 Å². The van der Waals surface area contributed by atoms with E-state index in [-0.39, 0.29) is 25.7 Å². The Bertz CT molecular complexity index is 1210. The third-order valence-corrected chi connectivity index (χ3v) is 5.84. The molecule has 0 bridgehead atoms. The minimum atomic E-state index is -1.46. The number of rotatable bonds is 16. The number of hydrogen-bond donors (Lipinski definition) is 9. The lowest BCUT2D eigenvalue weighted by Crippen LogP contribution is -2.57. The minimum Gasteiger partial charge on any atom is -0.481 e. The third kappa shape index (κ3) is 9.39. The number of para-hydroxylation sites is 1. The molecule has 15 nitrogen and oxygen atoms in total. The lowest BCUT2D eigenvalue weighted by Gasteiger charge is -2.24. The van der Waals surface area contributed by atoms with Crippen molar-refractivity contribution in [1.29, 1.82) is 0 Å². The van der Waals surface area contributed by atoms with Gasteiger partial charge in [0.15, 0.2) is 0 Å². The van der Waals surface area contributed by atoms with E-state index in [0.29, 0.717) is 5.56 Å². The standard InChI is InChI=1S/C24H32N6O9/c25-14(11-31)21(35)28-17(6-8-20(33)34)22(36)29-16(5-7-19(26)32)23(37)30-18(24(38)39)9-12-10-27-15-4-2-1-3-13(12)15/h1-4,10,14,16-18,27,31H,5-9,11,25H2,(H2,26,32)(H,28,35)(H,29,36)(H,30,37)(H,33,34)(H,38,39). The molecule has 0 saturated heterocycles. The number of aliphatic hydroxyl groups excluding tert-OH is 1. The largest absolute Gasteiger partial charge is 0.481 e. The van der Waals surface area contributed by atoms with E-state index < -0.39 is 72.8 Å². The molecule has 0 aliphatic rings. The quantitative estimate of drug-likeness (QED) is 0.108. The molecule has 2 aromatic rings. The number of carboxylic acid groups (broad SMARTS) is 2. The maximum Gasteiger partial charge on any atom is 0.326 e. The molecular formula is C24H32N6O9. The van der Waals surface area contributed by atoms with Crippen molar-refractivity contribution in [2.45, 2.75) is 56.3 Å². The predicted molar refractivity (Wildman–Crippen MR) is 136 cm³/mol. The highest BCUT2D eigenvalue weighted by Gasteiger charge is 2.31. The molecule has 11 N–H and O–H groups in total. The van der Waals surface area contributed by atoms with Crippen molar-refractivity contribution >= 4 is 46.5 Å². The zero-order valence-electron chi connectivity index (χ0n) is 20.9. The SMILES string of the molecule is NC(=O)CCC(NC(=O)C(CCC(=O)O)NC(=O)C(N)CO)C(=O)NC(Cc1c[nH]c2ccccc12)C(=O)O. The molecule has 0 saturated carbocycles. The number of aliphatic carboxylic acids is 2. The van der Waals surface area contributed by atoms with Crippen LogP contribution in [0.1, 0.15) is 31.2 Å². The molecule has 0 spiro atoms. The fourth-order valence-electron chi connectivity index (χ4n) is 3.72. The van der Waals surface area contributed by atoms with Crippen LogP contribution in [0.2, 0.25) is 0 Å². The number of fused-ring (bicyclic) bond motifs is 1. The van der Waals surface area contributed by atoms with Gasteiger partial charge in [0.2, 0.25) is 23.6 Å². The van der Waals surface area contributed by atoms with Crippen molar-refractivity contribution in [3.8, 4) is 0 Å². The molecule has 0 fully saturated rings. The van der Waals surface area contributed by atoms with Gasteiger partial charge in [0.1, 0.15) is 24.2 Å². The van der Waals surface area contributed by atoms with E-state index in [1.54, 1.807) is 30.5 Å². The molecule has 4 atom stereocenters. The Labute approximate surface area is 222 Å². The number of H-pyrrole nitrogens is 1. The van der Waals surface area contributed by atoms with Crippen molar-refractivity contribution in [2.75, 3.05) is 6.61 Å². The normalized spacial score (nSPS) is 14.0. The van der Waals surface area contributed by atoms with Crippen molar-refractivity contribution in [1.82, 2.24) is 20.9 Å². The van der Waals surface area contributed by atoms with Crippen molar-refractivity contribution in [3.63, 3.8) is 0 Å². The summed E-state index contributed by atoms with van der Waals surface area (Å²) in [4.78, 5) is 75.5. The first-order valence-corrected chi connectivity index (χ1v) is 12.0. The molecule has 0 aliphatic carbocycles. The molecule has 212 valence electrons. The summed E-state index contributed by atoms with van der Waals surface area (Å²) in [6, 6.07) is 1.45. The van der Waals surface area contributed by atoms with Gasteiger partial charge in [0.05, 0.1) is 6.61 Å². The monoisotopic (exact) mass is 548 g/mol. The Morgan fingerprint density at radius 2 is 1.41 bits per heavy atom. The topological polar surface area (TPSA) is 267 Å². The van der Waals surface area contributed by atoms with E-state index in [0.717, 1.165) is 10.9 Å². The number of nitrogens with one attached hydrogen (secondary N) is 4. The van der Waals surface area contributed by atoms with Gasteiger partial charge < -0.3 is 47.7 Å². The first kappa shape index (κ1) is 30.7. The van der Waals surface area contributed by atoms with E-state index in [1.165, 1.54) is 0 Å². The molecule has 2 rings (SSSR count). The predicted octanol–water partition coefficient (Wildman–Crippen LogP) is -2.30. The third-order valence-electron chi connectivity index (χ3n) is 5.84. The molecule has 0 radical (unpaired) electrons. The number of benzene rings is 1. The van der Waals surface area contributed by atoms with Gasteiger partial charge in [-0.05, 0) is 24.5 Å². The van der Waals surface area contributed by atoms with Gasteiger partial charge in [0, 0.05) is 36.4 Å². The van der Waals surface area contributed by atoms with Gasteiger partial charge in [-0.2, -0.15) is 0 Å². The van der Waals surface area contributed by atoms with Crippen molar-refractivity contribution in [3.05, 3.63) is 36.0 Å². The second-order valence-corrected chi connectivity index (χ2v) is 8.81. The zero-order chi connectivity index (χ0) is 29.1. The molecule has 1 aromatic heterocycles. The summed E-state index contributed by atoms with van der Waals surface area (Å²) >= 11 is 0. The maximum atomic E-state index is 13.1. The molecule has 1 heterocycles. The number of carboxylic acids is 2. The van der Waals surface area contributed by atoms with Gasteiger partial charge >= 0.3 is 11.9 Å². The van der Waals surface area contributed by atoms with Gasteiger partial charge in [-0.3, -0.25) is 24.0 Å². The number of aliphatic hydroxyl groups is 1. The van der Waals surface area contributed by atoms with Crippen LogP contribution in [0, 0.1) is 0 Å². The Morgan fingerprint density at radius 1 is 0.846 bits per heavy atom. The number of hydrogen-bond acceptors (Lipinski definition) is 8. The summed E-state index contributed by atoms with van der Waals surface area (Å²) in [6.07, 6.45) is -0.0455. The molecule has 4 amide bonds. The van der Waals surface area contributed by atoms with E-state index >= 15 is 0 Å². The Morgan fingerprint density at radius 3 is 1.97 bits per heavy atom. The first-order valence-electron chi connectivity index (χ1n) is 12.0. The highest BCUT2D eigenvalue weighted by Crippen LogP contribution is 2.19. The number of nitrogens with two attached hydrogens (primary N) is 2. The van der Waals surface area contributed by atoms with Gasteiger partial charge in [0.25, 0.3) is 0 Å². The lowest BCUT2D eigenvalue weighted by molar-refractivity contribution is -0.142. The molecule has 4 unspecified atom stereocenters. The van der Waals surface area contributed by atoms with Crippen LogP contribution in [0.25, 0.3) is 10.9 Å². The van der Waals surface area contributed by atoms with Crippen LogP contribution in [-0.2, 0) is 35.2 Å². The van der Waals surface area contributed by atoms with Crippen LogP contribution in [0.15, 0.2) is 30.5 Å². The number of carbonyl (C=O) groups is 6. The lowest BCUT2D eigenvalue weighted by atomic mass is 10.0. The second kappa shape index (κ2) is 14.4. The summed E-state index contributed by atoms with van der Waals surface area (Å²) in [5.74, 6) is -6.27. The van der Waals surface area contributed by atoms with Crippen LogP contribution in [0.4, 0.5) is 0 Å².